The minimum atomic E-state index is -1.13. The van der Waals surface area contributed by atoms with Crippen LogP contribution in [0.25, 0.3) is 5.65 Å². The number of hydrogen-bond donors (Lipinski definition) is 2. The van der Waals surface area contributed by atoms with Gasteiger partial charge < -0.3 is 5.11 Å². The lowest BCUT2D eigenvalue weighted by molar-refractivity contribution is 0.0698. The van der Waals surface area contributed by atoms with Gasteiger partial charge >= 0.3 is 5.97 Å². The van der Waals surface area contributed by atoms with Crippen LogP contribution >= 0.6 is 0 Å². The van der Waals surface area contributed by atoms with E-state index in [0.717, 1.165) is 5.56 Å². The third kappa shape index (κ3) is 2.44. The molecule has 0 fully saturated rings. The Morgan fingerprint density at radius 3 is 2.58 bits per heavy atom. The molecule has 0 amide bonds. The summed E-state index contributed by atoms with van der Waals surface area (Å²) in [5.74, 6) is -1.13. The van der Waals surface area contributed by atoms with E-state index in [9.17, 15) is 14.7 Å². The van der Waals surface area contributed by atoms with E-state index >= 15 is 0 Å². The van der Waals surface area contributed by atoms with Gasteiger partial charge in [-0.05, 0) is 31.5 Å². The second-order valence-corrected chi connectivity index (χ2v) is 5.54. The molecule has 120 valence electrons. The molecular weight excluding hydrogens is 308 g/mol. The first-order valence-corrected chi connectivity index (χ1v) is 7.25. The molecule has 3 aromatic rings. The highest BCUT2D eigenvalue weighted by Crippen LogP contribution is 2.15. The van der Waals surface area contributed by atoms with Crippen LogP contribution in [-0.4, -0.2) is 25.7 Å². The van der Waals surface area contributed by atoms with Gasteiger partial charge in [0.05, 0.1) is 11.6 Å². The van der Waals surface area contributed by atoms with Gasteiger partial charge in [0, 0.05) is 23.4 Å². The number of aryl methyl sites for hydroxylation is 2. The lowest BCUT2D eigenvalue weighted by atomic mass is 10.0. The van der Waals surface area contributed by atoms with Gasteiger partial charge in [-0.15, -0.1) is 0 Å². The number of carboxylic acids is 1. The second kappa shape index (κ2) is 5.66. The number of aromatic amines is 1. The van der Waals surface area contributed by atoms with Gasteiger partial charge in [0.2, 0.25) is 0 Å². The van der Waals surface area contributed by atoms with E-state index in [4.69, 9.17) is 5.26 Å². The van der Waals surface area contributed by atoms with Crippen molar-refractivity contribution < 1.29 is 9.90 Å². The third-order valence-electron chi connectivity index (χ3n) is 3.94. The number of nitriles is 1. The number of aromatic nitrogens is 3. The van der Waals surface area contributed by atoms with Crippen molar-refractivity contribution in [2.75, 3.05) is 0 Å². The molecule has 0 unspecified atom stereocenters. The standard InChI is InChI=1S/C17H14N4O3/c1-9-13(7-11-3-5-12(8-18)6-4-11)16(22)21-15(19-9)14(17(23)24)10(2)20-21/h3-6,20H,7H2,1-2H3,(H,23,24). The Morgan fingerprint density at radius 2 is 2.00 bits per heavy atom. The summed E-state index contributed by atoms with van der Waals surface area (Å²) in [6.07, 6.45) is 0.354. The number of nitrogens with zero attached hydrogens (tertiary/aromatic N) is 3. The first-order chi connectivity index (χ1) is 11.4. The average molecular weight is 322 g/mol. The van der Waals surface area contributed by atoms with E-state index in [2.05, 4.69) is 10.1 Å². The Balaban J connectivity index is 2.14. The molecule has 1 aromatic carbocycles. The number of H-pyrrole nitrogens is 1. The molecule has 24 heavy (non-hydrogen) atoms. The van der Waals surface area contributed by atoms with Crippen LogP contribution in [0, 0.1) is 25.2 Å². The normalized spacial score (nSPS) is 10.7. The van der Waals surface area contributed by atoms with E-state index in [-0.39, 0.29) is 16.8 Å². The molecule has 2 heterocycles. The fourth-order valence-electron chi connectivity index (χ4n) is 2.69. The Bertz CT molecular complexity index is 1050. The molecule has 0 bridgehead atoms. The van der Waals surface area contributed by atoms with E-state index in [1.54, 1.807) is 38.1 Å². The largest absolute Gasteiger partial charge is 0.477 e. The summed E-state index contributed by atoms with van der Waals surface area (Å²) in [6.45, 7) is 3.28. The number of benzene rings is 1. The van der Waals surface area contributed by atoms with Crippen LogP contribution < -0.4 is 5.56 Å². The summed E-state index contributed by atoms with van der Waals surface area (Å²) < 4.78 is 1.17. The van der Waals surface area contributed by atoms with Crippen LogP contribution in [0.4, 0.5) is 0 Å². The van der Waals surface area contributed by atoms with E-state index in [0.29, 0.717) is 28.9 Å². The molecule has 0 aliphatic rings. The number of carbonyl (C=O) groups is 1. The van der Waals surface area contributed by atoms with Gasteiger partial charge in [-0.2, -0.15) is 5.26 Å². The van der Waals surface area contributed by atoms with Crippen LogP contribution in [0.2, 0.25) is 0 Å². The second-order valence-electron chi connectivity index (χ2n) is 5.54. The Kier molecular flexibility index (Phi) is 3.66. The van der Waals surface area contributed by atoms with Gasteiger partial charge in [-0.25, -0.2) is 14.3 Å². The summed E-state index contributed by atoms with van der Waals surface area (Å²) >= 11 is 0. The summed E-state index contributed by atoms with van der Waals surface area (Å²) in [5, 5.41) is 20.9. The minimum Gasteiger partial charge on any atom is -0.477 e. The van der Waals surface area contributed by atoms with E-state index in [1.165, 1.54) is 4.52 Å². The quantitative estimate of drug-likeness (QED) is 0.763. The molecule has 0 atom stereocenters. The highest BCUT2D eigenvalue weighted by Gasteiger charge is 2.20. The molecular formula is C17H14N4O3. The zero-order valence-electron chi connectivity index (χ0n) is 13.1. The molecule has 2 aromatic heterocycles. The molecule has 7 nitrogen and oxygen atoms in total. The summed E-state index contributed by atoms with van der Waals surface area (Å²) in [5.41, 5.74) is 2.57. The zero-order chi connectivity index (χ0) is 17.4. The van der Waals surface area contributed by atoms with Gasteiger partial charge in [0.1, 0.15) is 5.56 Å². The molecule has 0 aliphatic carbocycles. The monoisotopic (exact) mass is 322 g/mol. The van der Waals surface area contributed by atoms with Crippen LogP contribution in [0.3, 0.4) is 0 Å². The van der Waals surface area contributed by atoms with Crippen LogP contribution in [0.1, 0.15) is 38.4 Å². The molecule has 0 saturated carbocycles. The Morgan fingerprint density at radius 1 is 1.33 bits per heavy atom. The zero-order valence-corrected chi connectivity index (χ0v) is 13.1. The average Bonchev–Trinajstić information content (AvgIpc) is 2.88. The number of nitrogens with one attached hydrogen (secondary N) is 1. The van der Waals surface area contributed by atoms with E-state index in [1.807, 2.05) is 6.07 Å². The van der Waals surface area contributed by atoms with Crippen molar-refractivity contribution in [1.82, 2.24) is 14.6 Å². The van der Waals surface area contributed by atoms with Crippen molar-refractivity contribution in [3.63, 3.8) is 0 Å². The number of rotatable bonds is 3. The first kappa shape index (κ1) is 15.5. The minimum absolute atomic E-state index is 0.000114. The maximum Gasteiger partial charge on any atom is 0.341 e. The fraction of sp³-hybridized carbons (Fsp3) is 0.176. The molecule has 0 radical (unpaired) electrons. The lowest BCUT2D eigenvalue weighted by Gasteiger charge is -2.06. The number of fused-ring (bicyclic) bond motifs is 1. The van der Waals surface area contributed by atoms with Crippen molar-refractivity contribution in [3.8, 4) is 6.07 Å². The molecule has 7 heteroatoms. The number of hydrogen-bond acceptors (Lipinski definition) is 4. The highest BCUT2D eigenvalue weighted by molar-refractivity contribution is 5.95. The van der Waals surface area contributed by atoms with Gasteiger partial charge in [-0.3, -0.25) is 9.89 Å². The van der Waals surface area contributed by atoms with E-state index < -0.39 is 5.97 Å². The highest BCUT2D eigenvalue weighted by atomic mass is 16.4. The number of aromatic carboxylic acids is 1. The first-order valence-electron chi connectivity index (χ1n) is 7.25. The molecule has 0 saturated heterocycles. The maximum atomic E-state index is 12.7. The maximum absolute atomic E-state index is 12.7. The SMILES string of the molecule is Cc1nc2c(C(=O)O)c(C)[nH]n2c(=O)c1Cc1ccc(C#N)cc1. The molecule has 0 spiro atoms. The van der Waals surface area contributed by atoms with Crippen LogP contribution in [0.5, 0.6) is 0 Å². The lowest BCUT2D eigenvalue weighted by Crippen LogP contribution is -2.22. The van der Waals surface area contributed by atoms with Gasteiger partial charge in [0.25, 0.3) is 5.56 Å². The predicted octanol–water partition coefficient (Wildman–Crippen LogP) is 1.80. The van der Waals surface area contributed by atoms with Crippen LogP contribution in [0.15, 0.2) is 29.1 Å². The summed E-state index contributed by atoms with van der Waals surface area (Å²) in [4.78, 5) is 28.4. The Labute approximate surface area is 136 Å². The summed E-state index contributed by atoms with van der Waals surface area (Å²) in [6, 6.07) is 9.00. The summed E-state index contributed by atoms with van der Waals surface area (Å²) in [7, 11) is 0. The van der Waals surface area contributed by atoms with Gasteiger partial charge in [-0.1, -0.05) is 12.1 Å². The van der Waals surface area contributed by atoms with Crippen LogP contribution in [-0.2, 0) is 6.42 Å². The van der Waals surface area contributed by atoms with Crippen molar-refractivity contribution in [2.24, 2.45) is 0 Å². The van der Waals surface area contributed by atoms with Gasteiger partial charge in [0.15, 0.2) is 5.65 Å². The third-order valence-corrected chi connectivity index (χ3v) is 3.94. The molecule has 2 N–H and O–H groups in total. The molecule has 0 aliphatic heterocycles. The smallest absolute Gasteiger partial charge is 0.341 e. The van der Waals surface area contributed by atoms with Crippen molar-refractivity contribution in [3.05, 3.63) is 68.3 Å². The van der Waals surface area contributed by atoms with Crippen molar-refractivity contribution in [1.29, 1.82) is 5.26 Å². The fourth-order valence-corrected chi connectivity index (χ4v) is 2.69. The Hall–Kier alpha value is -3.40. The molecule has 3 rings (SSSR count). The number of carboxylic acid groups (broad SMARTS) is 1. The predicted molar refractivity (Wildman–Crippen MR) is 86.2 cm³/mol. The topological polar surface area (TPSA) is 111 Å². The van der Waals surface area contributed by atoms with Crippen molar-refractivity contribution in [2.45, 2.75) is 20.3 Å². The van der Waals surface area contributed by atoms with Crippen molar-refractivity contribution >= 4 is 11.6 Å².